The molecule has 0 saturated carbocycles. The highest BCUT2D eigenvalue weighted by atomic mass is 35.5. The summed E-state index contributed by atoms with van der Waals surface area (Å²) in [4.78, 5) is 14.1. The van der Waals surface area contributed by atoms with Crippen LogP contribution in [0, 0.1) is 0 Å². The van der Waals surface area contributed by atoms with Crippen molar-refractivity contribution < 1.29 is 22.7 Å². The fourth-order valence-corrected chi connectivity index (χ4v) is 2.85. The number of aromatic carboxylic acids is 1. The van der Waals surface area contributed by atoms with Crippen LogP contribution in [0.25, 0.3) is 0 Å². The average molecular weight is 317 g/mol. The molecule has 9 heteroatoms. The Bertz CT molecular complexity index is 741. The summed E-state index contributed by atoms with van der Waals surface area (Å²) in [5.41, 5.74) is 0. The van der Waals surface area contributed by atoms with Crippen LogP contribution in [0.15, 0.2) is 39.8 Å². The van der Waals surface area contributed by atoms with E-state index >= 15 is 0 Å². The molecule has 0 radical (unpaired) electrons. The lowest BCUT2D eigenvalue weighted by Gasteiger charge is -2.06. The number of rotatable bonds is 5. The number of pyridine rings is 1. The van der Waals surface area contributed by atoms with Gasteiger partial charge in [-0.1, -0.05) is 11.6 Å². The predicted molar refractivity (Wildman–Crippen MR) is 68.9 cm³/mol. The van der Waals surface area contributed by atoms with Crippen molar-refractivity contribution in [2.45, 2.75) is 11.4 Å². The van der Waals surface area contributed by atoms with Gasteiger partial charge >= 0.3 is 5.97 Å². The molecule has 7 nitrogen and oxygen atoms in total. The molecule has 0 spiro atoms. The summed E-state index contributed by atoms with van der Waals surface area (Å²) in [5.74, 6) is -1.32. The maximum Gasteiger partial charge on any atom is 0.371 e. The van der Waals surface area contributed by atoms with Gasteiger partial charge in [0.2, 0.25) is 15.8 Å². The molecule has 2 heterocycles. The molecule has 20 heavy (non-hydrogen) atoms. The lowest BCUT2D eigenvalue weighted by atomic mass is 10.4. The molecule has 0 fully saturated rings. The highest BCUT2D eigenvalue weighted by Crippen LogP contribution is 2.18. The highest BCUT2D eigenvalue weighted by molar-refractivity contribution is 7.89. The molecular weight excluding hydrogens is 308 g/mol. The zero-order valence-electron chi connectivity index (χ0n) is 9.91. The van der Waals surface area contributed by atoms with E-state index in [1.54, 1.807) is 0 Å². The Morgan fingerprint density at radius 3 is 2.75 bits per heavy atom. The quantitative estimate of drug-likeness (QED) is 0.809. The van der Waals surface area contributed by atoms with Crippen molar-refractivity contribution >= 4 is 27.6 Å². The van der Waals surface area contributed by atoms with Crippen molar-refractivity contribution in [1.82, 2.24) is 9.71 Å². The van der Waals surface area contributed by atoms with E-state index in [2.05, 4.69) is 9.71 Å². The van der Waals surface area contributed by atoms with Crippen LogP contribution in [0.1, 0.15) is 16.3 Å². The standard InChI is InChI=1S/C11H9ClN2O5S/c12-10-9(2-1-5-13-10)20(17,18)14-6-7-3-4-8(19-7)11(15)16/h1-5,14H,6H2,(H,15,16). The van der Waals surface area contributed by atoms with Crippen molar-refractivity contribution in [3.05, 3.63) is 47.1 Å². The summed E-state index contributed by atoms with van der Waals surface area (Å²) >= 11 is 5.70. The number of nitrogens with zero attached hydrogens (tertiary/aromatic N) is 1. The largest absolute Gasteiger partial charge is 0.475 e. The molecular formula is C11H9ClN2O5S. The molecule has 2 aromatic heterocycles. The van der Waals surface area contributed by atoms with Crippen molar-refractivity contribution in [1.29, 1.82) is 0 Å². The normalized spacial score (nSPS) is 11.4. The highest BCUT2D eigenvalue weighted by Gasteiger charge is 2.19. The van der Waals surface area contributed by atoms with Gasteiger partial charge in [-0.3, -0.25) is 0 Å². The minimum absolute atomic E-state index is 0.148. The van der Waals surface area contributed by atoms with Gasteiger partial charge in [0.1, 0.15) is 15.8 Å². The smallest absolute Gasteiger partial charge is 0.371 e. The summed E-state index contributed by atoms with van der Waals surface area (Å²) in [6.45, 7) is -0.194. The van der Waals surface area contributed by atoms with E-state index in [9.17, 15) is 13.2 Å². The Hall–Kier alpha value is -1.90. The molecule has 0 saturated heterocycles. The molecule has 0 aliphatic heterocycles. The Morgan fingerprint density at radius 2 is 2.15 bits per heavy atom. The van der Waals surface area contributed by atoms with E-state index in [1.165, 1.54) is 30.5 Å². The minimum Gasteiger partial charge on any atom is -0.475 e. The number of carboxylic acids is 1. The van der Waals surface area contributed by atoms with Gasteiger partial charge in [-0.25, -0.2) is 22.9 Å². The van der Waals surface area contributed by atoms with Crippen LogP contribution in [0.2, 0.25) is 5.15 Å². The lowest BCUT2D eigenvalue weighted by Crippen LogP contribution is -2.23. The third-order valence-corrected chi connectivity index (χ3v) is 4.17. The van der Waals surface area contributed by atoms with Crippen LogP contribution < -0.4 is 4.72 Å². The zero-order chi connectivity index (χ0) is 14.8. The van der Waals surface area contributed by atoms with Gasteiger partial charge in [0.25, 0.3) is 0 Å². The van der Waals surface area contributed by atoms with Gasteiger partial charge in [-0.05, 0) is 24.3 Å². The van der Waals surface area contributed by atoms with Gasteiger partial charge in [-0.2, -0.15) is 0 Å². The van der Waals surface area contributed by atoms with Gasteiger partial charge in [0.05, 0.1) is 6.54 Å². The first-order valence-electron chi connectivity index (χ1n) is 5.32. The number of aromatic nitrogens is 1. The van der Waals surface area contributed by atoms with Crippen molar-refractivity contribution in [2.75, 3.05) is 0 Å². The van der Waals surface area contributed by atoms with E-state index in [4.69, 9.17) is 21.1 Å². The van der Waals surface area contributed by atoms with E-state index < -0.39 is 16.0 Å². The summed E-state index contributed by atoms with van der Waals surface area (Å²) in [5, 5.41) is 8.53. The topological polar surface area (TPSA) is 110 Å². The maximum atomic E-state index is 12.0. The number of sulfonamides is 1. The van der Waals surface area contributed by atoms with Gasteiger partial charge in [0, 0.05) is 6.20 Å². The van der Waals surface area contributed by atoms with E-state index in [1.807, 2.05) is 0 Å². The fraction of sp³-hybridized carbons (Fsp3) is 0.0909. The Kier molecular flexibility index (Phi) is 4.07. The number of carbonyl (C=O) groups is 1. The second-order valence-electron chi connectivity index (χ2n) is 3.69. The number of hydrogen-bond acceptors (Lipinski definition) is 5. The minimum atomic E-state index is -3.85. The third-order valence-electron chi connectivity index (χ3n) is 2.32. The first-order chi connectivity index (χ1) is 9.40. The predicted octanol–water partition coefficient (Wildman–Crippen LogP) is 1.50. The number of carboxylic acid groups (broad SMARTS) is 1. The molecule has 0 bridgehead atoms. The van der Waals surface area contributed by atoms with Gasteiger partial charge < -0.3 is 9.52 Å². The Morgan fingerprint density at radius 1 is 1.40 bits per heavy atom. The Balaban J connectivity index is 2.13. The van der Waals surface area contributed by atoms with Crippen LogP contribution in [0.4, 0.5) is 0 Å². The summed E-state index contributed by atoms with van der Waals surface area (Å²) in [6.07, 6.45) is 1.37. The molecule has 106 valence electrons. The number of halogens is 1. The first-order valence-corrected chi connectivity index (χ1v) is 7.18. The number of hydrogen-bond donors (Lipinski definition) is 2. The molecule has 0 amide bonds. The second-order valence-corrected chi connectivity index (χ2v) is 5.78. The molecule has 0 aliphatic rings. The van der Waals surface area contributed by atoms with E-state index in [0.717, 1.165) is 0 Å². The van der Waals surface area contributed by atoms with E-state index in [-0.39, 0.29) is 28.1 Å². The first kappa shape index (κ1) is 14.5. The summed E-state index contributed by atoms with van der Waals surface area (Å²) in [6, 6.07) is 5.36. The van der Waals surface area contributed by atoms with Crippen LogP contribution in [0.5, 0.6) is 0 Å². The molecule has 0 atom stereocenters. The average Bonchev–Trinajstić information content (AvgIpc) is 2.86. The Labute approximate surface area is 119 Å². The fourth-order valence-electron chi connectivity index (χ4n) is 1.40. The van der Waals surface area contributed by atoms with Crippen molar-refractivity contribution in [3.63, 3.8) is 0 Å². The van der Waals surface area contributed by atoms with Crippen LogP contribution >= 0.6 is 11.6 Å². The van der Waals surface area contributed by atoms with Gasteiger partial charge in [0.15, 0.2) is 0 Å². The zero-order valence-corrected chi connectivity index (χ0v) is 11.5. The monoisotopic (exact) mass is 316 g/mol. The van der Waals surface area contributed by atoms with E-state index in [0.29, 0.717) is 0 Å². The molecule has 2 aromatic rings. The molecule has 0 unspecified atom stereocenters. The number of furan rings is 1. The molecule has 0 aliphatic carbocycles. The summed E-state index contributed by atoms with van der Waals surface area (Å²) < 4.78 is 31.1. The third kappa shape index (κ3) is 3.16. The van der Waals surface area contributed by atoms with Gasteiger partial charge in [-0.15, -0.1) is 0 Å². The lowest BCUT2D eigenvalue weighted by molar-refractivity contribution is 0.0660. The van der Waals surface area contributed by atoms with Crippen LogP contribution in [0.3, 0.4) is 0 Å². The SMILES string of the molecule is O=C(O)c1ccc(CNS(=O)(=O)c2cccnc2Cl)o1. The maximum absolute atomic E-state index is 12.0. The van der Waals surface area contributed by atoms with Crippen molar-refractivity contribution in [2.24, 2.45) is 0 Å². The second kappa shape index (κ2) is 5.61. The number of nitrogens with one attached hydrogen (secondary N) is 1. The summed E-state index contributed by atoms with van der Waals surface area (Å²) in [7, 11) is -3.85. The van der Waals surface area contributed by atoms with Crippen LogP contribution in [-0.4, -0.2) is 24.5 Å². The molecule has 2 N–H and O–H groups in total. The van der Waals surface area contributed by atoms with Crippen molar-refractivity contribution in [3.8, 4) is 0 Å². The molecule has 0 aromatic carbocycles. The van der Waals surface area contributed by atoms with Crippen LogP contribution in [-0.2, 0) is 16.6 Å². The molecule has 2 rings (SSSR count).